The Morgan fingerprint density at radius 2 is 1.90 bits per heavy atom. The van der Waals surface area contributed by atoms with Crippen LogP contribution in [0.3, 0.4) is 0 Å². The number of carboxylic acids is 1. The highest BCUT2D eigenvalue weighted by Crippen LogP contribution is 2.31. The van der Waals surface area contributed by atoms with Gasteiger partial charge in [0.25, 0.3) is 0 Å². The van der Waals surface area contributed by atoms with Crippen molar-refractivity contribution in [2.24, 2.45) is 0 Å². The summed E-state index contributed by atoms with van der Waals surface area (Å²) in [6.07, 6.45) is -2.73. The quantitative estimate of drug-likeness (QED) is 0.906. The highest BCUT2D eigenvalue weighted by atomic mass is 19.4. The van der Waals surface area contributed by atoms with Gasteiger partial charge in [-0.2, -0.15) is 18.3 Å². The molecule has 1 heterocycles. The molecule has 106 valence electrons. The summed E-state index contributed by atoms with van der Waals surface area (Å²) in [5, 5.41) is 15.1. The Morgan fingerprint density at radius 3 is 2.45 bits per heavy atom. The standard InChI is InChI=1S/C13H11F3N2O2/c14-13(15,16)9-3-1-8(2-4-9)10-7-17-18-11(10)5-6-12(19)20/h1-4,7H,5-6H2,(H,17,18)(H,19,20). The van der Waals surface area contributed by atoms with Crippen molar-refractivity contribution in [2.45, 2.75) is 19.0 Å². The third-order valence-electron chi connectivity index (χ3n) is 2.83. The van der Waals surface area contributed by atoms with Crippen LogP contribution in [0.15, 0.2) is 30.5 Å². The van der Waals surface area contributed by atoms with Gasteiger partial charge in [0, 0.05) is 17.7 Å². The van der Waals surface area contributed by atoms with Crippen molar-refractivity contribution in [1.82, 2.24) is 10.2 Å². The van der Waals surface area contributed by atoms with E-state index < -0.39 is 17.7 Å². The molecule has 2 aromatic rings. The number of carbonyl (C=O) groups is 1. The second-order valence-electron chi connectivity index (χ2n) is 4.23. The van der Waals surface area contributed by atoms with Crippen LogP contribution in [0.4, 0.5) is 13.2 Å². The summed E-state index contributed by atoms with van der Waals surface area (Å²) in [6.45, 7) is 0. The average molecular weight is 284 g/mol. The molecular weight excluding hydrogens is 273 g/mol. The molecule has 0 atom stereocenters. The molecule has 0 aliphatic rings. The Morgan fingerprint density at radius 1 is 1.25 bits per heavy atom. The molecule has 20 heavy (non-hydrogen) atoms. The summed E-state index contributed by atoms with van der Waals surface area (Å²) in [7, 11) is 0. The van der Waals surface area contributed by atoms with E-state index >= 15 is 0 Å². The normalized spacial score (nSPS) is 11.6. The number of alkyl halides is 3. The van der Waals surface area contributed by atoms with Crippen LogP contribution in [0.25, 0.3) is 11.1 Å². The zero-order valence-corrected chi connectivity index (χ0v) is 10.2. The molecule has 0 radical (unpaired) electrons. The molecule has 0 bridgehead atoms. The van der Waals surface area contributed by atoms with Crippen molar-refractivity contribution in [3.63, 3.8) is 0 Å². The first-order valence-corrected chi connectivity index (χ1v) is 5.79. The highest BCUT2D eigenvalue weighted by molar-refractivity contribution is 5.69. The third-order valence-corrected chi connectivity index (χ3v) is 2.83. The molecular formula is C13H11F3N2O2. The summed E-state index contributed by atoms with van der Waals surface area (Å²) in [6, 6.07) is 4.67. The van der Waals surface area contributed by atoms with E-state index in [2.05, 4.69) is 10.2 Å². The molecule has 1 aromatic heterocycles. The molecule has 0 saturated heterocycles. The third kappa shape index (κ3) is 3.17. The first kappa shape index (κ1) is 14.1. The van der Waals surface area contributed by atoms with Crippen molar-refractivity contribution < 1.29 is 23.1 Å². The van der Waals surface area contributed by atoms with Gasteiger partial charge < -0.3 is 5.11 Å². The van der Waals surface area contributed by atoms with Crippen LogP contribution in [0, 0.1) is 0 Å². The zero-order chi connectivity index (χ0) is 14.8. The molecule has 1 aromatic carbocycles. The number of rotatable bonds is 4. The number of benzene rings is 1. The van der Waals surface area contributed by atoms with Gasteiger partial charge in [-0.3, -0.25) is 9.89 Å². The van der Waals surface area contributed by atoms with Gasteiger partial charge in [-0.15, -0.1) is 0 Å². The molecule has 0 unspecified atom stereocenters. The minimum atomic E-state index is -4.37. The average Bonchev–Trinajstić information content (AvgIpc) is 2.83. The number of nitrogens with one attached hydrogen (secondary N) is 1. The van der Waals surface area contributed by atoms with Crippen molar-refractivity contribution in [2.75, 3.05) is 0 Å². The molecule has 0 saturated carbocycles. The number of hydrogen-bond acceptors (Lipinski definition) is 2. The van der Waals surface area contributed by atoms with Gasteiger partial charge >= 0.3 is 12.1 Å². The van der Waals surface area contributed by atoms with Gasteiger partial charge in [0.15, 0.2) is 0 Å². The predicted molar refractivity (Wildman–Crippen MR) is 65.0 cm³/mol. The lowest BCUT2D eigenvalue weighted by Gasteiger charge is -2.07. The Bertz CT molecular complexity index is 603. The molecule has 0 fully saturated rings. The molecule has 0 amide bonds. The Balaban J connectivity index is 2.24. The van der Waals surface area contributed by atoms with Gasteiger partial charge in [0.1, 0.15) is 0 Å². The van der Waals surface area contributed by atoms with Crippen LogP contribution >= 0.6 is 0 Å². The van der Waals surface area contributed by atoms with E-state index in [9.17, 15) is 18.0 Å². The Labute approximate surface area is 112 Å². The molecule has 0 aliphatic heterocycles. The van der Waals surface area contributed by atoms with E-state index in [1.165, 1.54) is 18.3 Å². The van der Waals surface area contributed by atoms with Gasteiger partial charge in [-0.25, -0.2) is 0 Å². The minimum Gasteiger partial charge on any atom is -0.481 e. The maximum atomic E-state index is 12.5. The van der Waals surface area contributed by atoms with Crippen molar-refractivity contribution in [1.29, 1.82) is 0 Å². The number of aliphatic carboxylic acids is 1. The van der Waals surface area contributed by atoms with Gasteiger partial charge in [0.05, 0.1) is 18.2 Å². The second-order valence-corrected chi connectivity index (χ2v) is 4.23. The van der Waals surface area contributed by atoms with Crippen LogP contribution in [0.5, 0.6) is 0 Å². The fourth-order valence-electron chi connectivity index (χ4n) is 1.82. The number of halogens is 3. The Kier molecular flexibility index (Phi) is 3.78. The van der Waals surface area contributed by atoms with E-state index in [1.807, 2.05) is 0 Å². The van der Waals surface area contributed by atoms with Crippen LogP contribution < -0.4 is 0 Å². The van der Waals surface area contributed by atoms with Crippen molar-refractivity contribution in [3.05, 3.63) is 41.7 Å². The van der Waals surface area contributed by atoms with Crippen molar-refractivity contribution >= 4 is 5.97 Å². The number of nitrogens with zero attached hydrogens (tertiary/aromatic N) is 1. The van der Waals surface area contributed by atoms with Crippen LogP contribution in [-0.2, 0) is 17.4 Å². The fourth-order valence-corrected chi connectivity index (χ4v) is 1.82. The molecule has 7 heteroatoms. The van der Waals surface area contributed by atoms with E-state index in [4.69, 9.17) is 5.11 Å². The molecule has 4 nitrogen and oxygen atoms in total. The fraction of sp³-hybridized carbons (Fsp3) is 0.231. The van der Waals surface area contributed by atoms with E-state index in [-0.39, 0.29) is 12.8 Å². The van der Waals surface area contributed by atoms with Gasteiger partial charge in [-0.1, -0.05) is 12.1 Å². The summed E-state index contributed by atoms with van der Waals surface area (Å²) in [4.78, 5) is 10.5. The number of hydrogen-bond donors (Lipinski definition) is 2. The maximum Gasteiger partial charge on any atom is 0.416 e. The zero-order valence-electron chi connectivity index (χ0n) is 10.2. The Hall–Kier alpha value is -2.31. The van der Waals surface area contributed by atoms with E-state index in [1.54, 1.807) is 0 Å². The van der Waals surface area contributed by atoms with Crippen molar-refractivity contribution in [3.8, 4) is 11.1 Å². The van der Waals surface area contributed by atoms with Gasteiger partial charge in [-0.05, 0) is 17.7 Å². The number of carboxylic acid groups (broad SMARTS) is 1. The molecule has 2 rings (SSSR count). The first-order valence-electron chi connectivity index (χ1n) is 5.79. The topological polar surface area (TPSA) is 66.0 Å². The lowest BCUT2D eigenvalue weighted by atomic mass is 10.0. The molecule has 0 aliphatic carbocycles. The number of aromatic amines is 1. The maximum absolute atomic E-state index is 12.5. The van der Waals surface area contributed by atoms with E-state index in [0.29, 0.717) is 16.8 Å². The predicted octanol–water partition coefficient (Wildman–Crippen LogP) is 3.11. The summed E-state index contributed by atoms with van der Waals surface area (Å²) in [5.41, 5.74) is 1.04. The summed E-state index contributed by atoms with van der Waals surface area (Å²) < 4.78 is 37.4. The molecule has 2 N–H and O–H groups in total. The van der Waals surface area contributed by atoms with Crippen LogP contribution in [0.2, 0.25) is 0 Å². The minimum absolute atomic E-state index is 0.0736. The van der Waals surface area contributed by atoms with E-state index in [0.717, 1.165) is 12.1 Å². The SMILES string of the molecule is O=C(O)CCc1[nH]ncc1-c1ccc(C(F)(F)F)cc1. The largest absolute Gasteiger partial charge is 0.481 e. The summed E-state index contributed by atoms with van der Waals surface area (Å²) in [5.74, 6) is -0.946. The highest BCUT2D eigenvalue weighted by Gasteiger charge is 2.30. The number of aromatic nitrogens is 2. The first-order chi connectivity index (χ1) is 9.38. The second kappa shape index (κ2) is 5.36. The van der Waals surface area contributed by atoms with Crippen LogP contribution in [0.1, 0.15) is 17.7 Å². The number of aryl methyl sites for hydroxylation is 1. The lowest BCUT2D eigenvalue weighted by Crippen LogP contribution is -2.04. The van der Waals surface area contributed by atoms with Crippen LogP contribution in [-0.4, -0.2) is 21.3 Å². The monoisotopic (exact) mass is 284 g/mol. The van der Waals surface area contributed by atoms with Gasteiger partial charge in [0.2, 0.25) is 0 Å². The lowest BCUT2D eigenvalue weighted by molar-refractivity contribution is -0.138. The summed E-state index contributed by atoms with van der Waals surface area (Å²) >= 11 is 0. The molecule has 0 spiro atoms. The smallest absolute Gasteiger partial charge is 0.416 e. The number of H-pyrrole nitrogens is 1.